The van der Waals surface area contributed by atoms with Gasteiger partial charge in [0.1, 0.15) is 18.2 Å². The zero-order valence-electron chi connectivity index (χ0n) is 22.5. The number of amides is 3. The number of benzene rings is 1. The van der Waals surface area contributed by atoms with Crippen LogP contribution in [0.5, 0.6) is 0 Å². The van der Waals surface area contributed by atoms with Gasteiger partial charge in [-0.3, -0.25) is 14.4 Å². The number of likely N-dealkylation sites (tertiary alicyclic amines) is 1. The lowest BCUT2D eigenvalue weighted by Crippen LogP contribution is -2.58. The summed E-state index contributed by atoms with van der Waals surface area (Å²) in [5.74, 6) is -1.73. The van der Waals surface area contributed by atoms with Gasteiger partial charge < -0.3 is 20.6 Å². The Labute approximate surface area is 227 Å². The number of aliphatic hydroxyl groups excluding tert-OH is 1. The van der Waals surface area contributed by atoms with E-state index >= 15 is 0 Å². The Kier molecular flexibility index (Phi) is 7.19. The number of nitrogens with zero attached hydrogens (tertiary/aromatic N) is 4. The van der Waals surface area contributed by atoms with Crippen LogP contribution in [0.15, 0.2) is 24.3 Å². The number of nitrogens with one attached hydrogen (secondary N) is 2. The molecule has 0 saturated carbocycles. The molecule has 1 aromatic carbocycles. The molecule has 2 bridgehead atoms. The molecular formula is C27H38N6O4S. The van der Waals surface area contributed by atoms with Gasteiger partial charge in [0.05, 0.1) is 34.7 Å². The molecule has 10 nitrogen and oxygen atoms in total. The zero-order chi connectivity index (χ0) is 27.2. The fourth-order valence-electron chi connectivity index (χ4n) is 6.88. The van der Waals surface area contributed by atoms with Crippen molar-refractivity contribution >= 4 is 40.5 Å². The molecule has 2 unspecified atom stereocenters. The summed E-state index contributed by atoms with van der Waals surface area (Å²) < 4.78 is 0.481. The maximum atomic E-state index is 14.3. The van der Waals surface area contributed by atoms with Crippen molar-refractivity contribution in [3.63, 3.8) is 0 Å². The number of rotatable bonds is 10. The fraction of sp³-hybridized carbons (Fsp3) is 0.667. The molecule has 38 heavy (non-hydrogen) atoms. The standard InChI is InChI=1S/C27H38N6O4S/c1-5-13-28-23(35)20-21-25(37)33(19(14-34)16(3)6-2)22(27(21)12-11-26(20,4)38-27)24(36)29-15-32-18-10-8-7-9-17(18)30-31-32/h7-10,16,19-22,34H,5-6,11-15H2,1-4H3,(H,28,35)(H,29,36)/t16-,19-,20+,21-,22?,26-,27?/m0/s1. The minimum atomic E-state index is -0.795. The summed E-state index contributed by atoms with van der Waals surface area (Å²) in [6.45, 7) is 8.48. The highest BCUT2D eigenvalue weighted by Crippen LogP contribution is 2.71. The maximum absolute atomic E-state index is 14.3. The SMILES string of the molecule is CCCNC(=O)[C@H]1[C@H]2C(=O)N([C@@H](CO)[C@@H](C)CC)C(C(=O)NCn3nnc4ccccc43)C23CC[C@]1(C)S3. The average Bonchev–Trinajstić information content (AvgIpc) is 3.62. The van der Waals surface area contributed by atoms with Gasteiger partial charge in [0.15, 0.2) is 0 Å². The molecule has 3 aliphatic heterocycles. The van der Waals surface area contributed by atoms with Gasteiger partial charge in [0.25, 0.3) is 0 Å². The second-order valence-corrected chi connectivity index (χ2v) is 13.1. The predicted molar refractivity (Wildman–Crippen MR) is 145 cm³/mol. The van der Waals surface area contributed by atoms with Crippen molar-refractivity contribution in [2.45, 2.75) is 81.6 Å². The first kappa shape index (κ1) is 26.9. The van der Waals surface area contributed by atoms with E-state index in [-0.39, 0.29) is 36.9 Å². The monoisotopic (exact) mass is 542 g/mol. The summed E-state index contributed by atoms with van der Waals surface area (Å²) in [4.78, 5) is 43.4. The molecule has 3 N–H and O–H groups in total. The van der Waals surface area contributed by atoms with E-state index in [4.69, 9.17) is 0 Å². The lowest BCUT2D eigenvalue weighted by atomic mass is 9.66. The highest BCUT2D eigenvalue weighted by molar-refractivity contribution is 8.02. The molecule has 3 saturated heterocycles. The summed E-state index contributed by atoms with van der Waals surface area (Å²) in [6.07, 6.45) is 2.98. The molecule has 11 heteroatoms. The molecule has 3 fully saturated rings. The molecule has 0 aliphatic carbocycles. The van der Waals surface area contributed by atoms with Gasteiger partial charge in [-0.25, -0.2) is 4.68 Å². The Morgan fingerprint density at radius 2 is 1.97 bits per heavy atom. The molecule has 1 spiro atoms. The van der Waals surface area contributed by atoms with Crippen LogP contribution < -0.4 is 10.6 Å². The molecule has 7 atom stereocenters. The number of aliphatic hydroxyl groups is 1. The van der Waals surface area contributed by atoms with Crippen molar-refractivity contribution in [2.75, 3.05) is 13.2 Å². The maximum Gasteiger partial charge on any atom is 0.245 e. The summed E-state index contributed by atoms with van der Waals surface area (Å²) >= 11 is 1.64. The van der Waals surface area contributed by atoms with Gasteiger partial charge in [-0.05, 0) is 44.2 Å². The topological polar surface area (TPSA) is 129 Å². The van der Waals surface area contributed by atoms with E-state index in [1.807, 2.05) is 45.0 Å². The first-order valence-electron chi connectivity index (χ1n) is 13.7. The smallest absolute Gasteiger partial charge is 0.245 e. The van der Waals surface area contributed by atoms with Crippen molar-refractivity contribution in [1.29, 1.82) is 0 Å². The van der Waals surface area contributed by atoms with E-state index in [1.165, 1.54) is 0 Å². The van der Waals surface area contributed by atoms with Crippen LogP contribution in [0.3, 0.4) is 0 Å². The van der Waals surface area contributed by atoms with Crippen LogP contribution in [0.1, 0.15) is 53.4 Å². The van der Waals surface area contributed by atoms with Gasteiger partial charge in [0.2, 0.25) is 17.7 Å². The largest absolute Gasteiger partial charge is 0.394 e. The number of hydrogen-bond acceptors (Lipinski definition) is 7. The van der Waals surface area contributed by atoms with Crippen LogP contribution in [-0.2, 0) is 21.1 Å². The Morgan fingerprint density at radius 3 is 2.68 bits per heavy atom. The molecule has 5 rings (SSSR count). The van der Waals surface area contributed by atoms with Crippen molar-refractivity contribution in [1.82, 2.24) is 30.5 Å². The third kappa shape index (κ3) is 4.00. The number of aromatic nitrogens is 3. The highest BCUT2D eigenvalue weighted by Gasteiger charge is 2.77. The van der Waals surface area contributed by atoms with Crippen LogP contribution in [0.2, 0.25) is 0 Å². The molecular weight excluding hydrogens is 504 g/mol. The molecule has 3 aliphatic rings. The van der Waals surface area contributed by atoms with E-state index in [1.54, 1.807) is 21.3 Å². The number of thioether (sulfide) groups is 1. The summed E-state index contributed by atoms with van der Waals surface area (Å²) in [7, 11) is 0. The van der Waals surface area contributed by atoms with Gasteiger partial charge in [-0.2, -0.15) is 0 Å². The quantitative estimate of drug-likeness (QED) is 0.418. The van der Waals surface area contributed by atoms with E-state index in [2.05, 4.69) is 27.9 Å². The van der Waals surface area contributed by atoms with Crippen LogP contribution in [0, 0.1) is 17.8 Å². The van der Waals surface area contributed by atoms with Gasteiger partial charge in [-0.1, -0.05) is 44.5 Å². The summed E-state index contributed by atoms with van der Waals surface area (Å²) in [5, 5.41) is 24.8. The predicted octanol–water partition coefficient (Wildman–Crippen LogP) is 1.92. The van der Waals surface area contributed by atoms with E-state index in [0.29, 0.717) is 13.0 Å². The van der Waals surface area contributed by atoms with Gasteiger partial charge in [0, 0.05) is 11.3 Å². The van der Waals surface area contributed by atoms with E-state index < -0.39 is 33.4 Å². The Morgan fingerprint density at radius 1 is 1.21 bits per heavy atom. The molecule has 2 aromatic rings. The number of carbonyl (C=O) groups excluding carboxylic acids is 3. The normalized spacial score (nSPS) is 31.4. The second kappa shape index (κ2) is 10.1. The third-order valence-electron chi connectivity index (χ3n) is 8.96. The minimum Gasteiger partial charge on any atom is -0.394 e. The lowest BCUT2D eigenvalue weighted by molar-refractivity contribution is -0.144. The van der Waals surface area contributed by atoms with Crippen LogP contribution in [0.4, 0.5) is 0 Å². The Hall–Kier alpha value is -2.66. The number of hydrogen-bond donors (Lipinski definition) is 3. The van der Waals surface area contributed by atoms with Crippen molar-refractivity contribution in [3.05, 3.63) is 24.3 Å². The average molecular weight is 543 g/mol. The minimum absolute atomic E-state index is 0.0149. The highest BCUT2D eigenvalue weighted by atomic mass is 32.2. The zero-order valence-corrected chi connectivity index (χ0v) is 23.3. The molecule has 1 aromatic heterocycles. The molecule has 4 heterocycles. The molecule has 0 radical (unpaired) electrons. The number of fused-ring (bicyclic) bond motifs is 2. The van der Waals surface area contributed by atoms with Crippen molar-refractivity contribution < 1.29 is 19.5 Å². The van der Waals surface area contributed by atoms with E-state index in [9.17, 15) is 19.5 Å². The Balaban J connectivity index is 1.51. The van der Waals surface area contributed by atoms with Gasteiger partial charge >= 0.3 is 0 Å². The lowest BCUT2D eigenvalue weighted by Gasteiger charge is -2.39. The molecule has 206 valence electrons. The molecule has 3 amide bonds. The van der Waals surface area contributed by atoms with Gasteiger partial charge in [-0.15, -0.1) is 16.9 Å². The number of carbonyl (C=O) groups is 3. The van der Waals surface area contributed by atoms with Crippen molar-refractivity contribution in [3.8, 4) is 0 Å². The van der Waals surface area contributed by atoms with Crippen molar-refractivity contribution in [2.24, 2.45) is 17.8 Å². The number of para-hydroxylation sites is 1. The van der Waals surface area contributed by atoms with E-state index in [0.717, 1.165) is 30.3 Å². The first-order valence-corrected chi connectivity index (χ1v) is 14.5. The fourth-order valence-corrected chi connectivity index (χ4v) is 9.22. The Bertz CT molecular complexity index is 1240. The van der Waals surface area contributed by atoms with Crippen LogP contribution in [-0.4, -0.2) is 77.5 Å². The first-order chi connectivity index (χ1) is 18.2. The third-order valence-corrected chi connectivity index (χ3v) is 10.9. The second-order valence-electron chi connectivity index (χ2n) is 11.2. The summed E-state index contributed by atoms with van der Waals surface area (Å²) in [5.41, 5.74) is 1.53. The van der Waals surface area contributed by atoms with Crippen LogP contribution >= 0.6 is 11.8 Å². The summed E-state index contributed by atoms with van der Waals surface area (Å²) in [6, 6.07) is 6.21. The van der Waals surface area contributed by atoms with Crippen LogP contribution in [0.25, 0.3) is 11.0 Å².